The molecule has 4 nitrogen and oxygen atoms in total. The van der Waals surface area contributed by atoms with E-state index in [1.165, 1.54) is 25.8 Å². The van der Waals surface area contributed by atoms with Gasteiger partial charge in [0, 0.05) is 30.1 Å². The SMILES string of the molecule is CC(=O)Nc1ccc(-n2nc(C3CC3)cc2C2CC2)c(F)c1. The van der Waals surface area contributed by atoms with Crippen molar-refractivity contribution < 1.29 is 9.18 Å². The molecule has 1 aromatic carbocycles. The third kappa shape index (κ3) is 2.51. The van der Waals surface area contributed by atoms with Crippen molar-refractivity contribution in [1.82, 2.24) is 9.78 Å². The number of hydrogen-bond acceptors (Lipinski definition) is 2. The van der Waals surface area contributed by atoms with Crippen molar-refractivity contribution in [2.45, 2.75) is 44.4 Å². The quantitative estimate of drug-likeness (QED) is 0.935. The number of rotatable bonds is 4. The van der Waals surface area contributed by atoms with E-state index in [4.69, 9.17) is 0 Å². The van der Waals surface area contributed by atoms with Gasteiger partial charge in [0.2, 0.25) is 5.91 Å². The second-order valence-corrected chi connectivity index (χ2v) is 6.30. The van der Waals surface area contributed by atoms with Gasteiger partial charge in [-0.25, -0.2) is 9.07 Å². The number of amides is 1. The lowest BCUT2D eigenvalue weighted by Gasteiger charge is -2.09. The van der Waals surface area contributed by atoms with Gasteiger partial charge in [-0.2, -0.15) is 5.10 Å². The second-order valence-electron chi connectivity index (χ2n) is 6.30. The zero-order chi connectivity index (χ0) is 15.3. The van der Waals surface area contributed by atoms with Crippen LogP contribution in [0.4, 0.5) is 10.1 Å². The van der Waals surface area contributed by atoms with E-state index in [0.29, 0.717) is 23.2 Å². The molecule has 1 aromatic heterocycles. The smallest absolute Gasteiger partial charge is 0.221 e. The molecule has 5 heteroatoms. The summed E-state index contributed by atoms with van der Waals surface area (Å²) in [6.07, 6.45) is 4.68. The van der Waals surface area contributed by atoms with Gasteiger partial charge in [0.25, 0.3) is 0 Å². The predicted molar refractivity (Wildman–Crippen MR) is 81.8 cm³/mol. The van der Waals surface area contributed by atoms with Crippen LogP contribution in [0.1, 0.15) is 55.8 Å². The Morgan fingerprint density at radius 3 is 2.55 bits per heavy atom. The fourth-order valence-electron chi connectivity index (χ4n) is 2.82. The van der Waals surface area contributed by atoms with Crippen LogP contribution < -0.4 is 5.32 Å². The van der Waals surface area contributed by atoms with Crippen LogP contribution in [0.5, 0.6) is 0 Å². The summed E-state index contributed by atoms with van der Waals surface area (Å²) in [4.78, 5) is 11.1. The summed E-state index contributed by atoms with van der Waals surface area (Å²) in [5.41, 5.74) is 3.14. The minimum Gasteiger partial charge on any atom is -0.326 e. The first-order chi connectivity index (χ1) is 10.6. The first-order valence-electron chi connectivity index (χ1n) is 7.79. The van der Waals surface area contributed by atoms with Crippen LogP contribution in [-0.2, 0) is 4.79 Å². The Bertz CT molecular complexity index is 744. The molecule has 4 rings (SSSR count). The summed E-state index contributed by atoms with van der Waals surface area (Å²) in [7, 11) is 0. The first kappa shape index (κ1) is 13.5. The molecule has 2 saturated carbocycles. The topological polar surface area (TPSA) is 46.9 Å². The number of hydrogen-bond donors (Lipinski definition) is 1. The van der Waals surface area contributed by atoms with Crippen LogP contribution in [0.25, 0.3) is 5.69 Å². The Balaban J connectivity index is 1.73. The van der Waals surface area contributed by atoms with Crippen molar-refractivity contribution in [3.05, 3.63) is 41.5 Å². The third-order valence-corrected chi connectivity index (χ3v) is 4.24. The molecule has 0 saturated heterocycles. The molecule has 0 atom stereocenters. The lowest BCUT2D eigenvalue weighted by molar-refractivity contribution is -0.114. The van der Waals surface area contributed by atoms with Gasteiger partial charge in [-0.3, -0.25) is 4.79 Å². The molecule has 0 radical (unpaired) electrons. The van der Waals surface area contributed by atoms with E-state index in [1.54, 1.807) is 16.8 Å². The lowest BCUT2D eigenvalue weighted by Crippen LogP contribution is -2.08. The van der Waals surface area contributed by atoms with E-state index in [0.717, 1.165) is 24.2 Å². The van der Waals surface area contributed by atoms with Crippen molar-refractivity contribution in [2.75, 3.05) is 5.32 Å². The molecule has 1 N–H and O–H groups in total. The van der Waals surface area contributed by atoms with Gasteiger partial charge in [-0.1, -0.05) is 0 Å². The van der Waals surface area contributed by atoms with E-state index >= 15 is 0 Å². The standard InChI is InChI=1S/C17H18FN3O/c1-10(22)19-13-6-7-16(14(18)8-13)21-17(12-4-5-12)9-15(20-21)11-2-3-11/h6-9,11-12H,2-5H2,1H3,(H,19,22). The molecule has 114 valence electrons. The highest BCUT2D eigenvalue weighted by molar-refractivity contribution is 5.88. The maximum Gasteiger partial charge on any atom is 0.221 e. The molecule has 2 aliphatic rings. The Kier molecular flexibility index (Phi) is 3.03. The maximum atomic E-state index is 14.5. The molecule has 1 heterocycles. The Morgan fingerprint density at radius 2 is 1.95 bits per heavy atom. The average molecular weight is 299 g/mol. The average Bonchev–Trinajstić information content (AvgIpc) is 3.37. The van der Waals surface area contributed by atoms with Crippen LogP contribution in [0, 0.1) is 5.82 Å². The first-order valence-corrected chi connectivity index (χ1v) is 7.79. The highest BCUT2D eigenvalue weighted by Gasteiger charge is 2.33. The summed E-state index contributed by atoms with van der Waals surface area (Å²) in [6.45, 7) is 1.41. The van der Waals surface area contributed by atoms with E-state index in [2.05, 4.69) is 16.5 Å². The van der Waals surface area contributed by atoms with Gasteiger partial charge in [-0.05, 0) is 49.9 Å². The molecular weight excluding hydrogens is 281 g/mol. The zero-order valence-corrected chi connectivity index (χ0v) is 12.5. The predicted octanol–water partition coefficient (Wildman–Crippen LogP) is 3.72. The van der Waals surface area contributed by atoms with E-state index in [-0.39, 0.29) is 11.7 Å². The highest BCUT2D eigenvalue weighted by atomic mass is 19.1. The van der Waals surface area contributed by atoms with Gasteiger partial charge in [0.1, 0.15) is 5.69 Å². The zero-order valence-electron chi connectivity index (χ0n) is 12.5. The molecular formula is C17H18FN3O. The molecule has 2 aromatic rings. The highest BCUT2D eigenvalue weighted by Crippen LogP contribution is 2.45. The number of benzene rings is 1. The van der Waals surface area contributed by atoms with Crippen molar-refractivity contribution in [3.8, 4) is 5.69 Å². The van der Waals surface area contributed by atoms with Crippen molar-refractivity contribution in [2.24, 2.45) is 0 Å². The van der Waals surface area contributed by atoms with Crippen LogP contribution in [0.15, 0.2) is 24.3 Å². The molecule has 0 unspecified atom stereocenters. The number of aromatic nitrogens is 2. The third-order valence-electron chi connectivity index (χ3n) is 4.24. The summed E-state index contributed by atoms with van der Waals surface area (Å²) in [5.74, 6) is 0.495. The van der Waals surface area contributed by atoms with Crippen LogP contribution in [-0.4, -0.2) is 15.7 Å². The molecule has 0 spiro atoms. The van der Waals surface area contributed by atoms with Crippen LogP contribution >= 0.6 is 0 Å². The van der Waals surface area contributed by atoms with Gasteiger partial charge in [0.15, 0.2) is 5.82 Å². The molecule has 1 amide bonds. The number of halogens is 1. The lowest BCUT2D eigenvalue weighted by atomic mass is 10.2. The van der Waals surface area contributed by atoms with E-state index in [1.807, 2.05) is 0 Å². The number of carbonyl (C=O) groups is 1. The minimum absolute atomic E-state index is 0.207. The molecule has 0 aliphatic heterocycles. The molecule has 22 heavy (non-hydrogen) atoms. The van der Waals surface area contributed by atoms with Gasteiger partial charge < -0.3 is 5.32 Å². The van der Waals surface area contributed by atoms with Gasteiger partial charge in [-0.15, -0.1) is 0 Å². The second kappa shape index (κ2) is 4.93. The van der Waals surface area contributed by atoms with Crippen molar-refractivity contribution >= 4 is 11.6 Å². The Labute approximate surface area is 128 Å². The number of carbonyl (C=O) groups excluding carboxylic acids is 1. The Morgan fingerprint density at radius 1 is 1.23 bits per heavy atom. The monoisotopic (exact) mass is 299 g/mol. The van der Waals surface area contributed by atoms with Crippen LogP contribution in [0.3, 0.4) is 0 Å². The summed E-state index contributed by atoms with van der Waals surface area (Å²) < 4.78 is 16.2. The Hall–Kier alpha value is -2.17. The van der Waals surface area contributed by atoms with E-state index < -0.39 is 0 Å². The summed E-state index contributed by atoms with van der Waals surface area (Å²) >= 11 is 0. The van der Waals surface area contributed by atoms with Crippen LogP contribution in [0.2, 0.25) is 0 Å². The van der Waals surface area contributed by atoms with Crippen molar-refractivity contribution in [3.63, 3.8) is 0 Å². The fraction of sp³-hybridized carbons (Fsp3) is 0.412. The van der Waals surface area contributed by atoms with Gasteiger partial charge >= 0.3 is 0 Å². The number of nitrogens with one attached hydrogen (secondary N) is 1. The summed E-state index contributed by atoms with van der Waals surface area (Å²) in [5, 5.41) is 7.24. The molecule has 0 bridgehead atoms. The van der Waals surface area contributed by atoms with E-state index in [9.17, 15) is 9.18 Å². The summed E-state index contributed by atoms with van der Waals surface area (Å²) in [6, 6.07) is 6.91. The largest absolute Gasteiger partial charge is 0.326 e. The normalized spacial score (nSPS) is 17.5. The van der Waals surface area contributed by atoms with Gasteiger partial charge in [0.05, 0.1) is 5.69 Å². The molecule has 2 aliphatic carbocycles. The molecule has 2 fully saturated rings. The fourth-order valence-corrected chi connectivity index (χ4v) is 2.82. The maximum absolute atomic E-state index is 14.5. The number of nitrogens with zero attached hydrogens (tertiary/aromatic N) is 2. The number of anilines is 1. The van der Waals surface area contributed by atoms with Crippen molar-refractivity contribution in [1.29, 1.82) is 0 Å². The minimum atomic E-state index is -0.362.